The lowest BCUT2D eigenvalue weighted by Crippen LogP contribution is -2.09. The molecule has 0 saturated carbocycles. The van der Waals surface area contributed by atoms with Crippen LogP contribution in [-0.4, -0.2) is 38.3 Å². The van der Waals surface area contributed by atoms with Crippen LogP contribution in [0.1, 0.15) is 16.1 Å². The molecule has 0 fully saturated rings. The maximum Gasteiger partial charge on any atom is 0.340 e. The third-order valence-corrected chi connectivity index (χ3v) is 4.69. The predicted octanol–water partition coefficient (Wildman–Crippen LogP) is 3.40. The Bertz CT molecular complexity index is 1090. The molecule has 140 valence electrons. The minimum atomic E-state index is -0.442. The second-order valence-corrected chi connectivity index (χ2v) is 6.59. The fourth-order valence-corrected chi connectivity index (χ4v) is 3.15. The number of nitrogens with zero attached hydrogens (tertiary/aromatic N) is 5. The lowest BCUT2D eigenvalue weighted by atomic mass is 10.2. The third kappa shape index (κ3) is 3.79. The number of rotatable bonds is 6. The number of carbonyl (C=O) groups is 1. The highest BCUT2D eigenvalue weighted by Crippen LogP contribution is 2.25. The first-order chi connectivity index (χ1) is 13.7. The van der Waals surface area contributed by atoms with Gasteiger partial charge in [-0.2, -0.15) is 15.0 Å². The molecule has 0 bridgehead atoms. The van der Waals surface area contributed by atoms with Crippen LogP contribution in [0.25, 0.3) is 17.1 Å². The van der Waals surface area contributed by atoms with Crippen molar-refractivity contribution in [1.82, 2.24) is 25.2 Å². The smallest absolute Gasteiger partial charge is 0.340 e. The lowest BCUT2D eigenvalue weighted by Gasteiger charge is -2.05. The first-order valence-corrected chi connectivity index (χ1v) is 9.34. The summed E-state index contributed by atoms with van der Waals surface area (Å²) in [6, 6.07) is 16.6. The normalized spacial score (nSPS) is 10.8. The van der Waals surface area contributed by atoms with E-state index in [0.29, 0.717) is 33.8 Å². The van der Waals surface area contributed by atoms with Gasteiger partial charge in [-0.05, 0) is 24.3 Å². The topological polar surface area (TPSA) is 95.9 Å². The molecule has 0 saturated heterocycles. The summed E-state index contributed by atoms with van der Waals surface area (Å²) in [6.45, 7) is 0. The van der Waals surface area contributed by atoms with Crippen molar-refractivity contribution in [3.05, 3.63) is 72.1 Å². The SMILES string of the molecule is COC(=O)c1ccccc1-n1ncc(CSc2nnc(-c3ccccc3)o2)n1. The van der Waals surface area contributed by atoms with E-state index in [9.17, 15) is 4.79 Å². The molecule has 9 heteroatoms. The summed E-state index contributed by atoms with van der Waals surface area (Å²) in [7, 11) is 1.34. The van der Waals surface area contributed by atoms with E-state index < -0.39 is 5.97 Å². The van der Waals surface area contributed by atoms with Crippen molar-refractivity contribution in [2.24, 2.45) is 0 Å². The van der Waals surface area contributed by atoms with Crippen molar-refractivity contribution < 1.29 is 13.9 Å². The van der Waals surface area contributed by atoms with Crippen LogP contribution in [0, 0.1) is 0 Å². The number of esters is 1. The Morgan fingerprint density at radius 3 is 2.71 bits per heavy atom. The van der Waals surface area contributed by atoms with Crippen molar-refractivity contribution in [2.75, 3.05) is 7.11 Å². The molecular formula is C19H15N5O3S. The molecule has 0 spiro atoms. The molecule has 0 radical (unpaired) electrons. The van der Waals surface area contributed by atoms with Gasteiger partial charge < -0.3 is 9.15 Å². The highest BCUT2D eigenvalue weighted by Gasteiger charge is 2.15. The number of thioether (sulfide) groups is 1. The van der Waals surface area contributed by atoms with E-state index in [4.69, 9.17) is 9.15 Å². The average Bonchev–Trinajstić information content (AvgIpc) is 3.42. The Kier molecular flexibility index (Phi) is 5.16. The maximum atomic E-state index is 11.9. The maximum absolute atomic E-state index is 11.9. The van der Waals surface area contributed by atoms with Gasteiger partial charge in [0.25, 0.3) is 5.22 Å². The van der Waals surface area contributed by atoms with Gasteiger partial charge in [0, 0.05) is 11.3 Å². The highest BCUT2D eigenvalue weighted by atomic mass is 32.2. The molecule has 0 aliphatic carbocycles. The number of hydrogen-bond donors (Lipinski definition) is 0. The van der Waals surface area contributed by atoms with E-state index in [2.05, 4.69) is 20.4 Å². The lowest BCUT2D eigenvalue weighted by molar-refractivity contribution is 0.0600. The molecule has 0 N–H and O–H groups in total. The van der Waals surface area contributed by atoms with E-state index in [1.54, 1.807) is 24.4 Å². The minimum Gasteiger partial charge on any atom is -0.465 e. The summed E-state index contributed by atoms with van der Waals surface area (Å²) in [5.41, 5.74) is 2.52. The second kappa shape index (κ2) is 8.05. The summed E-state index contributed by atoms with van der Waals surface area (Å²) in [6.07, 6.45) is 1.63. The predicted molar refractivity (Wildman–Crippen MR) is 102 cm³/mol. The Morgan fingerprint density at radius 1 is 1.11 bits per heavy atom. The summed E-state index contributed by atoms with van der Waals surface area (Å²) >= 11 is 1.36. The Morgan fingerprint density at radius 2 is 1.89 bits per heavy atom. The second-order valence-electron chi connectivity index (χ2n) is 5.66. The van der Waals surface area contributed by atoms with Gasteiger partial charge >= 0.3 is 5.97 Å². The van der Waals surface area contributed by atoms with Gasteiger partial charge in [0.05, 0.1) is 24.6 Å². The molecule has 2 aromatic heterocycles. The zero-order chi connectivity index (χ0) is 19.3. The quantitative estimate of drug-likeness (QED) is 0.363. The van der Waals surface area contributed by atoms with Gasteiger partial charge in [-0.3, -0.25) is 0 Å². The first-order valence-electron chi connectivity index (χ1n) is 8.35. The first kappa shape index (κ1) is 17.9. The van der Waals surface area contributed by atoms with Gasteiger partial charge in [0.2, 0.25) is 5.89 Å². The fraction of sp³-hybridized carbons (Fsp3) is 0.105. The van der Waals surface area contributed by atoms with E-state index in [-0.39, 0.29) is 0 Å². The number of hydrogen-bond acceptors (Lipinski definition) is 8. The van der Waals surface area contributed by atoms with Crippen molar-refractivity contribution in [1.29, 1.82) is 0 Å². The van der Waals surface area contributed by atoms with Crippen LogP contribution in [0.4, 0.5) is 0 Å². The third-order valence-electron chi connectivity index (χ3n) is 3.83. The van der Waals surface area contributed by atoms with Gasteiger partial charge in [-0.15, -0.1) is 10.2 Å². The summed E-state index contributed by atoms with van der Waals surface area (Å²) < 4.78 is 10.5. The largest absolute Gasteiger partial charge is 0.465 e. The van der Waals surface area contributed by atoms with Crippen LogP contribution in [0.3, 0.4) is 0 Å². The molecule has 0 unspecified atom stereocenters. The van der Waals surface area contributed by atoms with Crippen LogP contribution < -0.4 is 0 Å². The number of methoxy groups -OCH3 is 1. The van der Waals surface area contributed by atoms with Crippen molar-refractivity contribution in [2.45, 2.75) is 11.0 Å². The summed E-state index contributed by atoms with van der Waals surface area (Å²) in [5.74, 6) is 0.526. The Balaban J connectivity index is 1.47. The zero-order valence-electron chi connectivity index (χ0n) is 14.8. The van der Waals surface area contributed by atoms with Crippen LogP contribution >= 0.6 is 11.8 Å². The van der Waals surface area contributed by atoms with Gasteiger partial charge in [-0.25, -0.2) is 4.79 Å². The molecule has 0 aliphatic rings. The van der Waals surface area contributed by atoms with E-state index in [1.165, 1.54) is 23.7 Å². The van der Waals surface area contributed by atoms with Crippen molar-refractivity contribution in [3.63, 3.8) is 0 Å². The highest BCUT2D eigenvalue weighted by molar-refractivity contribution is 7.98. The Labute approximate surface area is 164 Å². The summed E-state index contributed by atoms with van der Waals surface area (Å²) in [4.78, 5) is 13.3. The molecule has 2 heterocycles. The van der Waals surface area contributed by atoms with E-state index in [0.717, 1.165) is 5.56 Å². The Hall–Kier alpha value is -3.46. The molecule has 28 heavy (non-hydrogen) atoms. The molecule has 2 aromatic carbocycles. The van der Waals surface area contributed by atoms with Crippen LogP contribution in [0.5, 0.6) is 0 Å². The molecule has 8 nitrogen and oxygen atoms in total. The van der Waals surface area contributed by atoms with Crippen molar-refractivity contribution >= 4 is 17.7 Å². The van der Waals surface area contributed by atoms with Crippen LogP contribution in [-0.2, 0) is 10.5 Å². The summed E-state index contributed by atoms with van der Waals surface area (Å²) in [5, 5.41) is 17.2. The molecule has 0 aliphatic heterocycles. The number of para-hydroxylation sites is 1. The standard InChI is InChI=1S/C19H15N5O3S/c1-26-18(25)15-9-5-6-10-16(15)24-20-11-14(23-24)12-28-19-22-21-17(27-19)13-7-3-2-4-8-13/h2-11H,12H2,1H3. The number of benzene rings is 2. The van der Waals surface area contributed by atoms with Gasteiger partial charge in [0.15, 0.2) is 0 Å². The van der Waals surface area contributed by atoms with Crippen LogP contribution in [0.15, 0.2) is 70.4 Å². The van der Waals surface area contributed by atoms with Crippen molar-refractivity contribution in [3.8, 4) is 17.1 Å². The molecule has 4 aromatic rings. The molecule has 0 atom stereocenters. The van der Waals surface area contributed by atoms with E-state index in [1.807, 2.05) is 36.4 Å². The molecular weight excluding hydrogens is 378 g/mol. The van der Waals surface area contributed by atoms with Crippen LogP contribution in [0.2, 0.25) is 0 Å². The molecule has 4 rings (SSSR count). The minimum absolute atomic E-state index is 0.393. The number of carbonyl (C=O) groups excluding carboxylic acids is 1. The van der Waals surface area contributed by atoms with Gasteiger partial charge in [-0.1, -0.05) is 42.1 Å². The van der Waals surface area contributed by atoms with E-state index >= 15 is 0 Å². The monoisotopic (exact) mass is 393 g/mol. The number of ether oxygens (including phenoxy) is 1. The fourth-order valence-electron chi connectivity index (χ4n) is 2.51. The zero-order valence-corrected chi connectivity index (χ0v) is 15.7. The molecule has 0 amide bonds. The van der Waals surface area contributed by atoms with Gasteiger partial charge in [0.1, 0.15) is 5.69 Å². The average molecular weight is 393 g/mol. The number of aromatic nitrogens is 5.